The minimum Gasteiger partial charge on any atom is -0.303 e. The first kappa shape index (κ1) is 14.7. The minimum atomic E-state index is -4.61. The fourth-order valence-electron chi connectivity index (χ4n) is 1.69. The van der Waals surface area contributed by atoms with E-state index in [9.17, 15) is 21.6 Å². The third-order valence-electron chi connectivity index (χ3n) is 2.47. The molecule has 1 aliphatic rings. The van der Waals surface area contributed by atoms with Crippen LogP contribution in [0, 0.1) is 0 Å². The topological polar surface area (TPSA) is 46.6 Å². The summed E-state index contributed by atoms with van der Waals surface area (Å²) in [5, 5.41) is 0. The number of alkyl halides is 3. The van der Waals surface area contributed by atoms with E-state index in [1.807, 2.05) is 0 Å². The van der Waals surface area contributed by atoms with Gasteiger partial charge in [-0.1, -0.05) is 0 Å². The van der Waals surface area contributed by atoms with Gasteiger partial charge in [0.05, 0.1) is 5.75 Å². The van der Waals surface area contributed by atoms with Crippen molar-refractivity contribution in [3.8, 4) is 0 Å². The van der Waals surface area contributed by atoms with Crippen LogP contribution in [0.3, 0.4) is 0 Å². The van der Waals surface area contributed by atoms with Crippen LogP contribution in [-0.2, 0) is 14.3 Å². The monoisotopic (exact) mass is 275 g/mol. The molecule has 102 valence electrons. The maximum atomic E-state index is 11.8. The summed E-state index contributed by atoms with van der Waals surface area (Å²) in [5.74, 6) is -0.362. The predicted molar refractivity (Wildman–Crippen MR) is 56.1 cm³/mol. The second-order valence-corrected chi connectivity index (χ2v) is 5.80. The molecule has 0 aromatic carbocycles. The van der Waals surface area contributed by atoms with Crippen LogP contribution in [0.15, 0.2) is 0 Å². The molecule has 0 aromatic heterocycles. The lowest BCUT2D eigenvalue weighted by Gasteiger charge is -2.14. The van der Waals surface area contributed by atoms with E-state index in [-0.39, 0.29) is 5.75 Å². The Kier molecular flexibility index (Phi) is 5.21. The van der Waals surface area contributed by atoms with Gasteiger partial charge >= 0.3 is 6.18 Å². The van der Waals surface area contributed by atoms with Gasteiger partial charge < -0.3 is 4.90 Å². The highest BCUT2D eigenvalue weighted by atomic mass is 32.2. The molecule has 0 spiro atoms. The first-order valence-electron chi connectivity index (χ1n) is 5.45. The van der Waals surface area contributed by atoms with Gasteiger partial charge in [-0.3, -0.25) is 4.18 Å². The average molecular weight is 275 g/mol. The van der Waals surface area contributed by atoms with Crippen LogP contribution < -0.4 is 0 Å². The van der Waals surface area contributed by atoms with Crippen molar-refractivity contribution in [3.63, 3.8) is 0 Å². The van der Waals surface area contributed by atoms with Gasteiger partial charge in [-0.05, 0) is 38.9 Å². The molecule has 0 radical (unpaired) electrons. The molecule has 8 heteroatoms. The number of nitrogens with zero attached hydrogens (tertiary/aromatic N) is 1. The molecule has 0 N–H and O–H groups in total. The summed E-state index contributed by atoms with van der Waals surface area (Å²) >= 11 is 0. The second kappa shape index (κ2) is 6.01. The quantitative estimate of drug-likeness (QED) is 0.687. The Morgan fingerprint density at radius 3 is 2.29 bits per heavy atom. The van der Waals surface area contributed by atoms with Gasteiger partial charge in [0.2, 0.25) is 0 Å². The van der Waals surface area contributed by atoms with Crippen LogP contribution in [0.25, 0.3) is 0 Å². The lowest BCUT2D eigenvalue weighted by molar-refractivity contribution is -0.152. The number of hydrogen-bond acceptors (Lipinski definition) is 4. The zero-order chi connectivity index (χ0) is 12.9. The molecule has 1 saturated heterocycles. The summed E-state index contributed by atoms with van der Waals surface area (Å²) < 4.78 is 61.4. The average Bonchev–Trinajstić information content (AvgIpc) is 2.67. The summed E-state index contributed by atoms with van der Waals surface area (Å²) in [5.41, 5.74) is 0. The molecule has 1 aliphatic heterocycles. The zero-order valence-electron chi connectivity index (χ0n) is 9.37. The molecule has 0 saturated carbocycles. The summed E-state index contributed by atoms with van der Waals surface area (Å²) in [7, 11) is -4.05. The molecule has 1 fully saturated rings. The summed E-state index contributed by atoms with van der Waals surface area (Å²) in [6, 6.07) is 0. The molecule has 0 aliphatic carbocycles. The van der Waals surface area contributed by atoms with E-state index in [1.165, 1.54) is 0 Å². The highest BCUT2D eigenvalue weighted by Gasteiger charge is 2.30. The van der Waals surface area contributed by atoms with Gasteiger partial charge in [0.25, 0.3) is 10.1 Å². The Bertz CT molecular complexity index is 323. The van der Waals surface area contributed by atoms with Crippen LogP contribution in [0.1, 0.15) is 19.3 Å². The van der Waals surface area contributed by atoms with Gasteiger partial charge in [0, 0.05) is 0 Å². The number of hydrogen-bond donors (Lipinski definition) is 0. The fraction of sp³-hybridized carbons (Fsp3) is 1.00. The highest BCUT2D eigenvalue weighted by molar-refractivity contribution is 7.86. The molecule has 1 heterocycles. The Morgan fingerprint density at radius 1 is 1.18 bits per heavy atom. The predicted octanol–water partition coefficient (Wildman–Crippen LogP) is 1.38. The van der Waals surface area contributed by atoms with E-state index in [0.29, 0.717) is 13.0 Å². The van der Waals surface area contributed by atoms with Crippen LogP contribution in [0.4, 0.5) is 13.2 Å². The molecule has 4 nitrogen and oxygen atoms in total. The van der Waals surface area contributed by atoms with E-state index >= 15 is 0 Å². The molecular weight excluding hydrogens is 259 g/mol. The zero-order valence-corrected chi connectivity index (χ0v) is 10.2. The van der Waals surface area contributed by atoms with Crippen molar-refractivity contribution < 1.29 is 25.8 Å². The molecule has 0 amide bonds. The van der Waals surface area contributed by atoms with Gasteiger partial charge in [0.1, 0.15) is 0 Å². The van der Waals surface area contributed by atoms with Crippen molar-refractivity contribution in [3.05, 3.63) is 0 Å². The lowest BCUT2D eigenvalue weighted by Crippen LogP contribution is -2.25. The maximum Gasteiger partial charge on any atom is 0.413 e. The van der Waals surface area contributed by atoms with Crippen LogP contribution >= 0.6 is 0 Å². The Balaban J connectivity index is 2.20. The number of likely N-dealkylation sites (tertiary alicyclic amines) is 1. The van der Waals surface area contributed by atoms with Crippen molar-refractivity contribution in [1.29, 1.82) is 0 Å². The maximum absolute atomic E-state index is 11.8. The van der Waals surface area contributed by atoms with Crippen molar-refractivity contribution in [1.82, 2.24) is 4.90 Å². The minimum absolute atomic E-state index is 0.306. The fourth-order valence-corrected chi connectivity index (χ4v) is 2.60. The van der Waals surface area contributed by atoms with Crippen LogP contribution in [-0.4, -0.2) is 51.5 Å². The van der Waals surface area contributed by atoms with E-state index in [4.69, 9.17) is 0 Å². The van der Waals surface area contributed by atoms with Gasteiger partial charge in [-0.25, -0.2) is 0 Å². The van der Waals surface area contributed by atoms with Crippen molar-refractivity contribution in [2.75, 3.05) is 32.0 Å². The van der Waals surface area contributed by atoms with Crippen molar-refractivity contribution in [2.24, 2.45) is 0 Å². The van der Waals surface area contributed by atoms with Crippen LogP contribution in [0.2, 0.25) is 0 Å². The SMILES string of the molecule is O=S(=O)(CCCN1CCCC1)OCC(F)(F)F. The summed E-state index contributed by atoms with van der Waals surface area (Å²) in [6.07, 6.45) is -2.11. The Morgan fingerprint density at radius 2 is 1.76 bits per heavy atom. The standard InChI is InChI=1S/C9H16F3NO3S/c10-9(11,12)8-16-17(14,15)7-3-6-13-4-1-2-5-13/h1-8H2. The van der Waals surface area contributed by atoms with E-state index in [0.717, 1.165) is 25.9 Å². The third kappa shape index (κ3) is 6.85. The van der Waals surface area contributed by atoms with E-state index < -0.39 is 22.9 Å². The van der Waals surface area contributed by atoms with Crippen LogP contribution in [0.5, 0.6) is 0 Å². The molecule has 0 unspecified atom stereocenters. The third-order valence-corrected chi connectivity index (χ3v) is 3.74. The van der Waals surface area contributed by atoms with Gasteiger partial charge in [-0.2, -0.15) is 21.6 Å². The molecule has 17 heavy (non-hydrogen) atoms. The normalized spacial score (nSPS) is 18.8. The molecule has 1 rings (SSSR count). The summed E-state index contributed by atoms with van der Waals surface area (Å²) in [6.45, 7) is 0.723. The highest BCUT2D eigenvalue weighted by Crippen LogP contribution is 2.16. The smallest absolute Gasteiger partial charge is 0.303 e. The molecule has 0 bridgehead atoms. The Labute approximate surface area is 98.9 Å². The van der Waals surface area contributed by atoms with Crippen molar-refractivity contribution in [2.45, 2.75) is 25.4 Å². The largest absolute Gasteiger partial charge is 0.413 e. The number of halogens is 3. The van der Waals surface area contributed by atoms with Gasteiger partial charge in [-0.15, -0.1) is 0 Å². The first-order valence-corrected chi connectivity index (χ1v) is 7.02. The molecular formula is C9H16F3NO3S. The summed E-state index contributed by atoms with van der Waals surface area (Å²) in [4.78, 5) is 2.10. The van der Waals surface area contributed by atoms with Gasteiger partial charge in [0.15, 0.2) is 6.61 Å². The number of rotatable bonds is 6. The van der Waals surface area contributed by atoms with Crippen molar-refractivity contribution >= 4 is 10.1 Å². The van der Waals surface area contributed by atoms with E-state index in [1.54, 1.807) is 0 Å². The lowest BCUT2D eigenvalue weighted by atomic mass is 10.4. The first-order chi connectivity index (χ1) is 7.79. The second-order valence-electron chi connectivity index (χ2n) is 4.04. The Hall–Kier alpha value is -0.340. The molecule has 0 atom stereocenters. The van der Waals surface area contributed by atoms with E-state index in [2.05, 4.69) is 9.08 Å². The molecule has 0 aromatic rings.